The largest absolute Gasteiger partial charge is 0.493 e. The van der Waals surface area contributed by atoms with Gasteiger partial charge in [-0.25, -0.2) is 0 Å². The summed E-state index contributed by atoms with van der Waals surface area (Å²) in [5, 5.41) is 22.7. The number of nitro benzene ring substituents is 1. The SMILES string of the molecule is COc1cc(CNCCCO)ccc1OCc1ccc([N+](=O)[O-])cc1. The third kappa shape index (κ3) is 5.74. The number of aliphatic hydroxyl groups is 1. The van der Waals surface area contributed by atoms with E-state index in [0.29, 0.717) is 31.1 Å². The number of hydrogen-bond acceptors (Lipinski definition) is 6. The van der Waals surface area contributed by atoms with Gasteiger partial charge in [-0.05, 0) is 48.4 Å². The molecule has 0 amide bonds. The molecule has 2 aromatic rings. The molecule has 0 unspecified atom stereocenters. The van der Waals surface area contributed by atoms with Crippen molar-refractivity contribution in [2.45, 2.75) is 19.6 Å². The van der Waals surface area contributed by atoms with Crippen molar-refractivity contribution in [3.8, 4) is 11.5 Å². The van der Waals surface area contributed by atoms with Crippen LogP contribution in [0.25, 0.3) is 0 Å². The van der Waals surface area contributed by atoms with Gasteiger partial charge in [0.25, 0.3) is 5.69 Å². The van der Waals surface area contributed by atoms with E-state index in [1.807, 2.05) is 18.2 Å². The van der Waals surface area contributed by atoms with Crippen LogP contribution >= 0.6 is 0 Å². The molecular formula is C18H22N2O5. The molecule has 0 aliphatic heterocycles. The van der Waals surface area contributed by atoms with Gasteiger partial charge in [-0.2, -0.15) is 0 Å². The van der Waals surface area contributed by atoms with E-state index >= 15 is 0 Å². The van der Waals surface area contributed by atoms with Gasteiger partial charge in [0.05, 0.1) is 12.0 Å². The Balaban J connectivity index is 1.95. The lowest BCUT2D eigenvalue weighted by atomic mass is 10.2. The van der Waals surface area contributed by atoms with Crippen molar-refractivity contribution in [2.75, 3.05) is 20.3 Å². The quantitative estimate of drug-likeness (QED) is 0.390. The number of rotatable bonds is 10. The second-order valence-corrected chi connectivity index (χ2v) is 5.45. The van der Waals surface area contributed by atoms with Crippen LogP contribution < -0.4 is 14.8 Å². The van der Waals surface area contributed by atoms with Gasteiger partial charge < -0.3 is 19.9 Å². The average molecular weight is 346 g/mol. The van der Waals surface area contributed by atoms with Crippen molar-refractivity contribution >= 4 is 5.69 Å². The van der Waals surface area contributed by atoms with E-state index in [4.69, 9.17) is 14.6 Å². The summed E-state index contributed by atoms with van der Waals surface area (Å²) in [5.41, 5.74) is 1.94. The van der Waals surface area contributed by atoms with Gasteiger partial charge in [-0.3, -0.25) is 10.1 Å². The zero-order chi connectivity index (χ0) is 18.1. The molecule has 0 saturated heterocycles. The van der Waals surface area contributed by atoms with Gasteiger partial charge >= 0.3 is 0 Å². The molecule has 0 fully saturated rings. The summed E-state index contributed by atoms with van der Waals surface area (Å²) >= 11 is 0. The number of methoxy groups -OCH3 is 1. The Labute approximate surface area is 146 Å². The summed E-state index contributed by atoms with van der Waals surface area (Å²) in [6.07, 6.45) is 0.716. The van der Waals surface area contributed by atoms with Crippen molar-refractivity contribution in [1.29, 1.82) is 0 Å². The standard InChI is InChI=1S/C18H22N2O5/c1-24-18-11-15(12-19-9-2-10-21)5-8-17(18)25-13-14-3-6-16(7-4-14)20(22)23/h3-8,11,19,21H,2,9-10,12-13H2,1H3. The van der Waals surface area contributed by atoms with Gasteiger partial charge in [-0.15, -0.1) is 0 Å². The minimum Gasteiger partial charge on any atom is -0.493 e. The molecule has 2 rings (SSSR count). The van der Waals surface area contributed by atoms with E-state index in [-0.39, 0.29) is 12.3 Å². The van der Waals surface area contributed by atoms with Gasteiger partial charge in [0.1, 0.15) is 6.61 Å². The molecule has 0 aliphatic rings. The highest BCUT2D eigenvalue weighted by molar-refractivity contribution is 5.43. The van der Waals surface area contributed by atoms with Crippen molar-refractivity contribution in [3.05, 3.63) is 63.7 Å². The van der Waals surface area contributed by atoms with Crippen molar-refractivity contribution in [3.63, 3.8) is 0 Å². The Morgan fingerprint density at radius 3 is 2.48 bits per heavy atom. The first-order chi connectivity index (χ1) is 12.1. The molecule has 134 valence electrons. The molecule has 0 aromatic heterocycles. The first kappa shape index (κ1) is 18.7. The first-order valence-corrected chi connectivity index (χ1v) is 7.98. The number of nitrogens with one attached hydrogen (secondary N) is 1. The van der Waals surface area contributed by atoms with E-state index < -0.39 is 4.92 Å². The third-order valence-corrected chi connectivity index (χ3v) is 3.61. The Hall–Kier alpha value is -2.64. The van der Waals surface area contributed by atoms with Gasteiger partial charge in [-0.1, -0.05) is 6.07 Å². The van der Waals surface area contributed by atoms with E-state index in [0.717, 1.165) is 17.7 Å². The lowest BCUT2D eigenvalue weighted by Gasteiger charge is -2.13. The van der Waals surface area contributed by atoms with Crippen LogP contribution in [0.15, 0.2) is 42.5 Å². The van der Waals surface area contributed by atoms with Crippen molar-refractivity contribution < 1.29 is 19.5 Å². The van der Waals surface area contributed by atoms with Gasteiger partial charge in [0, 0.05) is 25.3 Å². The van der Waals surface area contributed by atoms with Crippen LogP contribution in [0.1, 0.15) is 17.5 Å². The molecule has 0 heterocycles. The summed E-state index contributed by atoms with van der Waals surface area (Å²) in [4.78, 5) is 10.2. The van der Waals surface area contributed by atoms with Crippen LogP contribution in [-0.4, -0.2) is 30.3 Å². The molecule has 0 aliphatic carbocycles. The van der Waals surface area contributed by atoms with E-state index in [9.17, 15) is 10.1 Å². The summed E-state index contributed by atoms with van der Waals surface area (Å²) in [5.74, 6) is 1.24. The van der Waals surface area contributed by atoms with Crippen LogP contribution in [0.5, 0.6) is 11.5 Å². The minimum absolute atomic E-state index is 0.0550. The molecule has 25 heavy (non-hydrogen) atoms. The normalized spacial score (nSPS) is 10.5. The number of nitro groups is 1. The first-order valence-electron chi connectivity index (χ1n) is 7.98. The molecular weight excluding hydrogens is 324 g/mol. The third-order valence-electron chi connectivity index (χ3n) is 3.61. The second-order valence-electron chi connectivity index (χ2n) is 5.45. The molecule has 2 N–H and O–H groups in total. The van der Waals surface area contributed by atoms with Crippen LogP contribution in [0.2, 0.25) is 0 Å². The Kier molecular flexibility index (Phi) is 7.18. The van der Waals surface area contributed by atoms with Crippen molar-refractivity contribution in [1.82, 2.24) is 5.32 Å². The second kappa shape index (κ2) is 9.61. The molecule has 0 bridgehead atoms. The number of ether oxygens (including phenoxy) is 2. The van der Waals surface area contributed by atoms with Gasteiger partial charge in [0.15, 0.2) is 11.5 Å². The number of aliphatic hydroxyl groups excluding tert-OH is 1. The number of hydrogen-bond donors (Lipinski definition) is 2. The van der Waals surface area contributed by atoms with E-state index in [1.54, 1.807) is 19.2 Å². The van der Waals surface area contributed by atoms with Gasteiger partial charge in [0.2, 0.25) is 0 Å². The molecule has 7 nitrogen and oxygen atoms in total. The Morgan fingerprint density at radius 2 is 1.84 bits per heavy atom. The lowest BCUT2D eigenvalue weighted by Crippen LogP contribution is -2.15. The zero-order valence-electron chi connectivity index (χ0n) is 14.1. The van der Waals surface area contributed by atoms with Crippen LogP contribution in [0, 0.1) is 10.1 Å². The minimum atomic E-state index is -0.430. The summed E-state index contributed by atoms with van der Waals surface area (Å²) in [6, 6.07) is 11.9. The highest BCUT2D eigenvalue weighted by Crippen LogP contribution is 2.29. The highest BCUT2D eigenvalue weighted by Gasteiger charge is 2.08. The fraction of sp³-hybridized carbons (Fsp3) is 0.333. The maximum Gasteiger partial charge on any atom is 0.269 e. The fourth-order valence-corrected chi connectivity index (χ4v) is 2.25. The average Bonchev–Trinajstić information content (AvgIpc) is 2.64. The number of benzene rings is 2. The fourth-order valence-electron chi connectivity index (χ4n) is 2.25. The Bertz CT molecular complexity index is 688. The molecule has 0 saturated carbocycles. The predicted molar refractivity (Wildman–Crippen MR) is 93.8 cm³/mol. The van der Waals surface area contributed by atoms with Crippen LogP contribution in [0.3, 0.4) is 0 Å². The lowest BCUT2D eigenvalue weighted by molar-refractivity contribution is -0.384. The van der Waals surface area contributed by atoms with Crippen LogP contribution in [0.4, 0.5) is 5.69 Å². The highest BCUT2D eigenvalue weighted by atomic mass is 16.6. The molecule has 2 aromatic carbocycles. The van der Waals surface area contributed by atoms with Crippen molar-refractivity contribution in [2.24, 2.45) is 0 Å². The topological polar surface area (TPSA) is 93.9 Å². The number of nitrogens with zero attached hydrogens (tertiary/aromatic N) is 1. The maximum absolute atomic E-state index is 10.7. The molecule has 7 heteroatoms. The summed E-state index contributed by atoms with van der Waals surface area (Å²) in [6.45, 7) is 1.89. The zero-order valence-corrected chi connectivity index (χ0v) is 14.1. The molecule has 0 radical (unpaired) electrons. The number of non-ortho nitro benzene ring substituents is 1. The summed E-state index contributed by atoms with van der Waals surface area (Å²) in [7, 11) is 1.58. The Morgan fingerprint density at radius 1 is 1.12 bits per heavy atom. The predicted octanol–water partition coefficient (Wildman–Crippen LogP) is 2.65. The monoisotopic (exact) mass is 346 g/mol. The molecule has 0 atom stereocenters. The smallest absolute Gasteiger partial charge is 0.269 e. The van der Waals surface area contributed by atoms with Crippen LogP contribution in [-0.2, 0) is 13.2 Å². The van der Waals surface area contributed by atoms with E-state index in [2.05, 4.69) is 5.32 Å². The molecule has 0 spiro atoms. The maximum atomic E-state index is 10.7. The summed E-state index contributed by atoms with van der Waals surface area (Å²) < 4.78 is 11.1. The van der Waals surface area contributed by atoms with E-state index in [1.165, 1.54) is 12.1 Å².